The Kier molecular flexibility index (Phi) is 5.55. The van der Waals surface area contributed by atoms with Crippen LogP contribution in [0.3, 0.4) is 0 Å². The Balaban J connectivity index is 1.90. The average molecular weight is 344 g/mol. The number of benzene rings is 1. The SMILES string of the molecule is CC(C)=CC1C(C(=O)NNC(=O)c2ccc(OC(C)C)cc2)C1(C)C. The molecule has 1 aliphatic rings. The molecule has 0 radical (unpaired) electrons. The fourth-order valence-electron chi connectivity index (χ4n) is 3.07. The van der Waals surface area contributed by atoms with Crippen LogP contribution in [0.15, 0.2) is 35.9 Å². The van der Waals surface area contributed by atoms with Crippen molar-refractivity contribution in [1.82, 2.24) is 10.9 Å². The van der Waals surface area contributed by atoms with Gasteiger partial charge in [-0.3, -0.25) is 20.4 Å². The first-order valence-electron chi connectivity index (χ1n) is 8.65. The van der Waals surface area contributed by atoms with Crippen molar-refractivity contribution in [2.24, 2.45) is 17.3 Å². The van der Waals surface area contributed by atoms with Crippen molar-refractivity contribution in [2.45, 2.75) is 47.6 Å². The van der Waals surface area contributed by atoms with Crippen LogP contribution in [0.1, 0.15) is 51.9 Å². The lowest BCUT2D eigenvalue weighted by Crippen LogP contribution is -2.43. The number of hydrogen-bond acceptors (Lipinski definition) is 3. The topological polar surface area (TPSA) is 67.4 Å². The summed E-state index contributed by atoms with van der Waals surface area (Å²) in [7, 11) is 0. The van der Waals surface area contributed by atoms with E-state index in [1.165, 1.54) is 5.57 Å². The molecule has 1 saturated carbocycles. The minimum absolute atomic E-state index is 0.0783. The van der Waals surface area contributed by atoms with Crippen LogP contribution in [0, 0.1) is 17.3 Å². The quantitative estimate of drug-likeness (QED) is 0.635. The highest BCUT2D eigenvalue weighted by molar-refractivity contribution is 5.96. The first-order chi connectivity index (χ1) is 11.6. The van der Waals surface area contributed by atoms with Crippen molar-refractivity contribution in [3.8, 4) is 5.75 Å². The molecule has 2 rings (SSSR count). The molecule has 0 heterocycles. The Hall–Kier alpha value is -2.30. The Morgan fingerprint density at radius 3 is 2.24 bits per heavy atom. The van der Waals surface area contributed by atoms with Crippen molar-refractivity contribution < 1.29 is 14.3 Å². The second-order valence-electron chi connectivity index (χ2n) is 7.70. The zero-order valence-corrected chi connectivity index (χ0v) is 15.8. The summed E-state index contributed by atoms with van der Waals surface area (Å²) in [5, 5.41) is 0. The molecule has 25 heavy (non-hydrogen) atoms. The van der Waals surface area contributed by atoms with Crippen molar-refractivity contribution in [2.75, 3.05) is 0 Å². The number of rotatable bonds is 5. The van der Waals surface area contributed by atoms with E-state index in [1.54, 1.807) is 24.3 Å². The number of allylic oxidation sites excluding steroid dienone is 2. The second kappa shape index (κ2) is 7.30. The lowest BCUT2D eigenvalue weighted by Gasteiger charge is -2.11. The van der Waals surface area contributed by atoms with Gasteiger partial charge in [0.2, 0.25) is 5.91 Å². The fraction of sp³-hybridized carbons (Fsp3) is 0.500. The maximum atomic E-state index is 12.3. The third kappa shape index (κ3) is 4.62. The monoisotopic (exact) mass is 344 g/mol. The third-order valence-corrected chi connectivity index (χ3v) is 4.49. The zero-order chi connectivity index (χ0) is 18.8. The first-order valence-corrected chi connectivity index (χ1v) is 8.65. The average Bonchev–Trinajstić information content (AvgIpc) is 3.04. The van der Waals surface area contributed by atoms with Crippen LogP contribution in [0.2, 0.25) is 0 Å². The molecule has 0 bridgehead atoms. The van der Waals surface area contributed by atoms with Crippen LogP contribution in [0.25, 0.3) is 0 Å². The number of amides is 2. The van der Waals surface area contributed by atoms with E-state index in [0.717, 1.165) is 0 Å². The van der Waals surface area contributed by atoms with E-state index in [0.29, 0.717) is 11.3 Å². The van der Waals surface area contributed by atoms with Crippen molar-refractivity contribution in [3.05, 3.63) is 41.5 Å². The predicted octanol–water partition coefficient (Wildman–Crippen LogP) is 3.47. The molecule has 5 heteroatoms. The molecule has 0 aliphatic heterocycles. The Bertz CT molecular complexity index is 671. The number of nitrogens with one attached hydrogen (secondary N) is 2. The molecule has 2 N–H and O–H groups in total. The summed E-state index contributed by atoms with van der Waals surface area (Å²) in [6.45, 7) is 12.1. The number of ether oxygens (including phenoxy) is 1. The van der Waals surface area contributed by atoms with Crippen LogP contribution in [0.4, 0.5) is 0 Å². The molecule has 136 valence electrons. The molecule has 1 fully saturated rings. The highest BCUT2D eigenvalue weighted by atomic mass is 16.5. The number of carbonyl (C=O) groups excluding carboxylic acids is 2. The molecule has 2 atom stereocenters. The van der Waals surface area contributed by atoms with Gasteiger partial charge in [0.1, 0.15) is 5.75 Å². The lowest BCUT2D eigenvalue weighted by atomic mass is 10.1. The van der Waals surface area contributed by atoms with Crippen molar-refractivity contribution >= 4 is 11.8 Å². The molecule has 2 amide bonds. The summed E-state index contributed by atoms with van der Waals surface area (Å²) < 4.78 is 5.55. The molecule has 0 aromatic heterocycles. The molecule has 5 nitrogen and oxygen atoms in total. The Morgan fingerprint density at radius 1 is 1.12 bits per heavy atom. The van der Waals surface area contributed by atoms with E-state index in [9.17, 15) is 9.59 Å². The zero-order valence-electron chi connectivity index (χ0n) is 15.8. The second-order valence-corrected chi connectivity index (χ2v) is 7.70. The van der Waals surface area contributed by atoms with E-state index in [2.05, 4.69) is 30.8 Å². The van der Waals surface area contributed by atoms with E-state index in [1.807, 2.05) is 27.7 Å². The maximum absolute atomic E-state index is 12.3. The van der Waals surface area contributed by atoms with Crippen LogP contribution in [-0.4, -0.2) is 17.9 Å². The van der Waals surface area contributed by atoms with Gasteiger partial charge in [0, 0.05) is 5.56 Å². The molecular weight excluding hydrogens is 316 g/mol. The summed E-state index contributed by atoms with van der Waals surface area (Å²) in [6, 6.07) is 6.83. The highest BCUT2D eigenvalue weighted by Gasteiger charge is 2.60. The van der Waals surface area contributed by atoms with E-state index in [4.69, 9.17) is 4.74 Å². The molecule has 2 unspecified atom stereocenters. The number of carbonyl (C=O) groups is 2. The van der Waals surface area contributed by atoms with Crippen LogP contribution >= 0.6 is 0 Å². The van der Waals surface area contributed by atoms with Gasteiger partial charge in [0.15, 0.2) is 0 Å². The van der Waals surface area contributed by atoms with Gasteiger partial charge in [0.25, 0.3) is 5.91 Å². The summed E-state index contributed by atoms with van der Waals surface area (Å²) in [5.41, 5.74) is 6.62. The minimum Gasteiger partial charge on any atom is -0.491 e. The molecule has 1 aliphatic carbocycles. The van der Waals surface area contributed by atoms with Crippen LogP contribution in [0.5, 0.6) is 5.75 Å². The smallest absolute Gasteiger partial charge is 0.269 e. The molecule has 1 aromatic carbocycles. The van der Waals surface area contributed by atoms with E-state index in [-0.39, 0.29) is 35.2 Å². The van der Waals surface area contributed by atoms with Crippen LogP contribution < -0.4 is 15.6 Å². The predicted molar refractivity (Wildman–Crippen MR) is 98.0 cm³/mol. The summed E-state index contributed by atoms with van der Waals surface area (Å²) in [4.78, 5) is 24.5. The maximum Gasteiger partial charge on any atom is 0.269 e. The summed E-state index contributed by atoms with van der Waals surface area (Å²) >= 11 is 0. The molecule has 1 aromatic rings. The standard InChI is InChI=1S/C20H28N2O3/c1-12(2)11-16-17(20(16,5)6)19(24)22-21-18(23)14-7-9-15(10-8-14)25-13(3)4/h7-11,13,16-17H,1-6H3,(H,21,23)(H,22,24). The largest absolute Gasteiger partial charge is 0.491 e. The van der Waals surface area contributed by atoms with Gasteiger partial charge in [-0.2, -0.15) is 0 Å². The lowest BCUT2D eigenvalue weighted by molar-refractivity contribution is -0.123. The summed E-state index contributed by atoms with van der Waals surface area (Å²) in [6.07, 6.45) is 2.20. The number of hydrogen-bond donors (Lipinski definition) is 2. The van der Waals surface area contributed by atoms with Crippen molar-refractivity contribution in [1.29, 1.82) is 0 Å². The van der Waals surface area contributed by atoms with E-state index < -0.39 is 0 Å². The van der Waals surface area contributed by atoms with Gasteiger partial charge in [-0.15, -0.1) is 0 Å². The van der Waals surface area contributed by atoms with Gasteiger partial charge in [-0.05, 0) is 63.3 Å². The Morgan fingerprint density at radius 2 is 1.72 bits per heavy atom. The van der Waals surface area contributed by atoms with Gasteiger partial charge < -0.3 is 4.74 Å². The Labute approximate surface area is 149 Å². The minimum atomic E-state index is -0.346. The normalized spacial score (nSPS) is 20.6. The van der Waals surface area contributed by atoms with Gasteiger partial charge in [-0.25, -0.2) is 0 Å². The van der Waals surface area contributed by atoms with Crippen molar-refractivity contribution in [3.63, 3.8) is 0 Å². The number of hydrazine groups is 1. The van der Waals surface area contributed by atoms with E-state index >= 15 is 0 Å². The highest BCUT2D eigenvalue weighted by Crippen LogP contribution is 2.59. The molecule has 0 spiro atoms. The first kappa shape index (κ1) is 19.0. The molecule has 0 saturated heterocycles. The molecular formula is C20H28N2O3. The van der Waals surface area contributed by atoms with Gasteiger partial charge in [0.05, 0.1) is 12.0 Å². The van der Waals surface area contributed by atoms with Gasteiger partial charge >= 0.3 is 0 Å². The fourth-order valence-corrected chi connectivity index (χ4v) is 3.07. The van der Waals surface area contributed by atoms with Crippen LogP contribution in [-0.2, 0) is 4.79 Å². The summed E-state index contributed by atoms with van der Waals surface area (Å²) in [5.74, 6) is 0.300. The third-order valence-electron chi connectivity index (χ3n) is 4.49. The van der Waals surface area contributed by atoms with Gasteiger partial charge in [-0.1, -0.05) is 25.5 Å².